The molecular formula is C38H30O14. The van der Waals surface area contributed by atoms with E-state index in [1.54, 1.807) is 0 Å². The van der Waals surface area contributed by atoms with Gasteiger partial charge in [0.1, 0.15) is 5.76 Å². The Morgan fingerprint density at radius 2 is 1.19 bits per heavy atom. The van der Waals surface area contributed by atoms with Crippen LogP contribution >= 0.6 is 0 Å². The van der Waals surface area contributed by atoms with Crippen molar-refractivity contribution in [3.05, 3.63) is 127 Å². The first-order valence-electron chi connectivity index (χ1n) is 15.1. The second kappa shape index (κ2) is 15.2. The van der Waals surface area contributed by atoms with E-state index in [0.29, 0.717) is 16.7 Å². The molecule has 0 aliphatic rings. The van der Waals surface area contributed by atoms with Gasteiger partial charge in [-0.25, -0.2) is 19.2 Å². The molecule has 2 aromatic heterocycles. The average Bonchev–Trinajstić information content (AvgIpc) is 3.14. The number of benzene rings is 3. The van der Waals surface area contributed by atoms with E-state index >= 15 is 0 Å². The van der Waals surface area contributed by atoms with Gasteiger partial charge < -0.3 is 42.7 Å². The second-order valence-corrected chi connectivity index (χ2v) is 10.8. The van der Waals surface area contributed by atoms with Crippen LogP contribution in [0.25, 0.3) is 33.6 Å². The van der Waals surface area contributed by atoms with Gasteiger partial charge in [-0.3, -0.25) is 4.79 Å². The number of ketones is 1. The molecule has 0 spiro atoms. The van der Waals surface area contributed by atoms with Crippen molar-refractivity contribution >= 4 is 51.3 Å². The molecule has 266 valence electrons. The molecule has 52 heavy (non-hydrogen) atoms. The van der Waals surface area contributed by atoms with Crippen LogP contribution in [0.4, 0.5) is 0 Å². The van der Waals surface area contributed by atoms with Crippen molar-refractivity contribution in [3.63, 3.8) is 0 Å². The number of hydrogen-bond donors (Lipinski definition) is 2. The fourth-order valence-corrected chi connectivity index (χ4v) is 5.34. The highest BCUT2D eigenvalue weighted by molar-refractivity contribution is 6.09. The maximum Gasteiger partial charge on any atom is 0.338 e. The molecule has 2 heterocycles. The molecule has 0 amide bonds. The minimum Gasteiger partial charge on any atom is -0.508 e. The van der Waals surface area contributed by atoms with Gasteiger partial charge in [0.05, 0.1) is 46.7 Å². The summed E-state index contributed by atoms with van der Waals surface area (Å²) in [7, 11) is 6.33. The number of allylic oxidation sites excluding steroid dienone is 3. The number of aliphatic hydroxyl groups is 1. The first kappa shape index (κ1) is 36.2. The van der Waals surface area contributed by atoms with Crippen molar-refractivity contribution in [2.45, 2.75) is 0 Å². The van der Waals surface area contributed by atoms with Gasteiger partial charge in [-0.05, 0) is 70.8 Å². The first-order valence-corrected chi connectivity index (χ1v) is 15.1. The maximum atomic E-state index is 13.5. The Hall–Kier alpha value is -7.09. The average molecular weight is 711 g/mol. The Morgan fingerprint density at radius 3 is 1.75 bits per heavy atom. The lowest BCUT2D eigenvalue weighted by atomic mass is 9.93. The van der Waals surface area contributed by atoms with Crippen LogP contribution in [0.5, 0.6) is 23.0 Å². The summed E-state index contributed by atoms with van der Waals surface area (Å²) < 4.78 is 36.4. The lowest BCUT2D eigenvalue weighted by molar-refractivity contribution is -0.110. The van der Waals surface area contributed by atoms with E-state index in [-0.39, 0.29) is 61.6 Å². The summed E-state index contributed by atoms with van der Waals surface area (Å²) in [6.45, 7) is 0. The monoisotopic (exact) mass is 710 g/mol. The molecule has 14 nitrogen and oxygen atoms in total. The SMILES string of the molecule is COC(=O)c1cc(=O)oc2c(OC)cc(/C=C/C(O)=C/C(=O)/C=C(\c3ccc(O)c(OC)c3)c3cc(OC)c4oc(=O)cc(C(=O)OC)c4c3)cc12. The highest BCUT2D eigenvalue weighted by atomic mass is 16.5. The summed E-state index contributed by atoms with van der Waals surface area (Å²) in [5.41, 5.74) is -0.494. The fraction of sp³-hybridized carbons (Fsp3) is 0.132. The first-order chi connectivity index (χ1) is 24.9. The number of carbonyl (C=O) groups excluding carboxylic acids is 3. The van der Waals surface area contributed by atoms with E-state index in [9.17, 15) is 34.2 Å². The van der Waals surface area contributed by atoms with Gasteiger partial charge in [0.2, 0.25) is 0 Å². The minimum atomic E-state index is -0.820. The van der Waals surface area contributed by atoms with Gasteiger partial charge in [-0.15, -0.1) is 0 Å². The Bertz CT molecular complexity index is 2460. The summed E-state index contributed by atoms with van der Waals surface area (Å²) in [4.78, 5) is 62.9. The molecule has 0 atom stereocenters. The van der Waals surface area contributed by atoms with Gasteiger partial charge in [-0.1, -0.05) is 12.1 Å². The predicted molar refractivity (Wildman–Crippen MR) is 187 cm³/mol. The highest BCUT2D eigenvalue weighted by Gasteiger charge is 2.21. The molecule has 0 saturated carbocycles. The molecule has 2 N–H and O–H groups in total. The van der Waals surface area contributed by atoms with Crippen molar-refractivity contribution in [3.8, 4) is 23.0 Å². The van der Waals surface area contributed by atoms with Crippen molar-refractivity contribution < 1.29 is 57.1 Å². The number of carbonyl (C=O) groups is 3. The van der Waals surface area contributed by atoms with Crippen LogP contribution in [0.2, 0.25) is 0 Å². The molecule has 5 aromatic rings. The third-order valence-electron chi connectivity index (χ3n) is 7.72. The van der Waals surface area contributed by atoms with Crippen LogP contribution in [0, 0.1) is 0 Å². The number of fused-ring (bicyclic) bond motifs is 2. The standard InChI is InChI=1S/C38H30O14/c1-46-30-13-20(7-9-29(30)41)24(21-12-26-28(38(45)50-5)18-34(43)52-36(26)32(14-21)48-3)16-23(40)15-22(39)8-6-19-10-25-27(37(44)49-4)17-33(42)51-35(25)31(11-19)47-2/h6-18,39,41H,1-5H3/b8-6+,22-15-,24-16+. The number of aliphatic hydroxyl groups excluding tert-OH is 1. The van der Waals surface area contributed by atoms with Crippen molar-refractivity contribution in [1.82, 2.24) is 0 Å². The van der Waals surface area contributed by atoms with Gasteiger partial charge in [0.25, 0.3) is 0 Å². The van der Waals surface area contributed by atoms with Crippen molar-refractivity contribution in [2.24, 2.45) is 0 Å². The summed E-state index contributed by atoms with van der Waals surface area (Å²) in [6, 6.07) is 12.3. The molecule has 14 heteroatoms. The molecule has 0 aliphatic heterocycles. The van der Waals surface area contributed by atoms with Gasteiger partial charge in [-0.2, -0.15) is 0 Å². The molecule has 0 unspecified atom stereocenters. The highest BCUT2D eigenvalue weighted by Crippen LogP contribution is 2.37. The Labute approximate surface area is 294 Å². The second-order valence-electron chi connectivity index (χ2n) is 10.8. The number of phenols is 1. The molecule has 3 aromatic carbocycles. The quantitative estimate of drug-likeness (QED) is 0.0584. The number of ether oxygens (including phenoxy) is 5. The van der Waals surface area contributed by atoms with Gasteiger partial charge in [0, 0.05) is 29.0 Å². The van der Waals surface area contributed by atoms with E-state index < -0.39 is 34.7 Å². The number of hydrogen-bond acceptors (Lipinski definition) is 14. The van der Waals surface area contributed by atoms with Crippen LogP contribution in [0.1, 0.15) is 37.4 Å². The van der Waals surface area contributed by atoms with Gasteiger partial charge >= 0.3 is 23.2 Å². The van der Waals surface area contributed by atoms with E-state index in [4.69, 9.17) is 32.5 Å². The predicted octanol–water partition coefficient (Wildman–Crippen LogP) is 5.36. The Morgan fingerprint density at radius 1 is 0.654 bits per heavy atom. The zero-order chi connectivity index (χ0) is 37.7. The van der Waals surface area contributed by atoms with Crippen molar-refractivity contribution in [2.75, 3.05) is 35.5 Å². The van der Waals surface area contributed by atoms with Crippen LogP contribution in [-0.2, 0) is 14.3 Å². The molecule has 0 fully saturated rings. The minimum absolute atomic E-state index is 0.0113. The number of esters is 2. The number of phenolic OH excluding ortho intramolecular Hbond substituents is 1. The van der Waals surface area contributed by atoms with Crippen molar-refractivity contribution in [1.29, 1.82) is 0 Å². The lowest BCUT2D eigenvalue weighted by Gasteiger charge is -2.14. The summed E-state index contributed by atoms with van der Waals surface area (Å²) in [5, 5.41) is 21.4. The molecule has 0 bridgehead atoms. The number of rotatable bonds is 11. The number of aromatic hydroxyl groups is 1. The van der Waals surface area contributed by atoms with Gasteiger partial charge in [0.15, 0.2) is 39.9 Å². The summed E-state index contributed by atoms with van der Waals surface area (Å²) >= 11 is 0. The third-order valence-corrected chi connectivity index (χ3v) is 7.72. The van der Waals surface area contributed by atoms with E-state index in [2.05, 4.69) is 0 Å². The Balaban J connectivity index is 1.62. The van der Waals surface area contributed by atoms with E-state index in [0.717, 1.165) is 32.4 Å². The molecule has 0 saturated heterocycles. The lowest BCUT2D eigenvalue weighted by Crippen LogP contribution is -2.09. The Kier molecular flexibility index (Phi) is 10.6. The smallest absolute Gasteiger partial charge is 0.338 e. The molecular weight excluding hydrogens is 680 g/mol. The van der Waals surface area contributed by atoms with Crippen LogP contribution < -0.4 is 25.5 Å². The zero-order valence-electron chi connectivity index (χ0n) is 28.3. The van der Waals surface area contributed by atoms with E-state index in [1.807, 2.05) is 0 Å². The third kappa shape index (κ3) is 7.40. The molecule has 5 rings (SSSR count). The maximum absolute atomic E-state index is 13.5. The van der Waals surface area contributed by atoms with Crippen LogP contribution in [0.15, 0.2) is 97.0 Å². The summed E-state index contributed by atoms with van der Waals surface area (Å²) in [6.07, 6.45) is 4.77. The van der Waals surface area contributed by atoms with Crippen LogP contribution in [0.3, 0.4) is 0 Å². The van der Waals surface area contributed by atoms with Crippen LogP contribution in [-0.4, -0.2) is 63.5 Å². The fourth-order valence-electron chi connectivity index (χ4n) is 5.34. The summed E-state index contributed by atoms with van der Waals surface area (Å²) in [5.74, 6) is -2.66. The molecule has 0 aliphatic carbocycles. The normalized spacial score (nSPS) is 11.9. The topological polar surface area (TPSA) is 198 Å². The van der Waals surface area contributed by atoms with E-state index in [1.165, 1.54) is 82.0 Å². The molecule has 0 radical (unpaired) electrons. The zero-order valence-corrected chi connectivity index (χ0v) is 28.3. The largest absolute Gasteiger partial charge is 0.508 e. The number of methoxy groups -OCH3 is 5.